The Balaban J connectivity index is 1.62. The second kappa shape index (κ2) is 12.0. The van der Waals surface area contributed by atoms with Crippen LogP contribution in [0.25, 0.3) is 22.2 Å². The third-order valence-electron chi connectivity index (χ3n) is 7.69. The molecule has 5 N–H and O–H groups in total. The molecule has 10 nitrogen and oxygen atoms in total. The lowest BCUT2D eigenvalue weighted by molar-refractivity contribution is -0.265. The third kappa shape index (κ3) is 5.95. The number of methoxy groups -OCH3 is 1. The van der Waals surface area contributed by atoms with Crippen molar-refractivity contribution in [3.63, 3.8) is 0 Å². The molecule has 0 fully saturated rings. The van der Waals surface area contributed by atoms with Gasteiger partial charge < -0.3 is 30.0 Å². The maximum Gasteiger partial charge on any atom is 0.424 e. The number of carbonyl (C=O) groups excluding carboxylic acids is 1. The van der Waals surface area contributed by atoms with E-state index in [-0.39, 0.29) is 40.5 Å². The van der Waals surface area contributed by atoms with Gasteiger partial charge in [0, 0.05) is 28.3 Å². The maximum absolute atomic E-state index is 14.8. The molecule has 5 rings (SSSR count). The van der Waals surface area contributed by atoms with Crippen molar-refractivity contribution in [1.29, 1.82) is 0 Å². The number of benzene rings is 2. The molecular formula is C31H32F4N4O6S. The van der Waals surface area contributed by atoms with E-state index in [0.29, 0.717) is 10.9 Å². The van der Waals surface area contributed by atoms with Gasteiger partial charge in [0.05, 0.1) is 47.2 Å². The van der Waals surface area contributed by atoms with Gasteiger partial charge in [-0.05, 0) is 69.3 Å². The number of hydrogen-bond acceptors (Lipinski definition) is 7. The number of aromatic amines is 1. The Morgan fingerprint density at radius 3 is 2.46 bits per heavy atom. The Hall–Kier alpha value is -4.05. The van der Waals surface area contributed by atoms with Crippen molar-refractivity contribution in [3.8, 4) is 22.8 Å². The predicted octanol–water partition coefficient (Wildman–Crippen LogP) is 4.19. The van der Waals surface area contributed by atoms with E-state index in [1.54, 1.807) is 33.0 Å². The Morgan fingerprint density at radius 2 is 1.85 bits per heavy atom. The average molecular weight is 665 g/mol. The number of aliphatic hydroxyl groups is 2. The lowest BCUT2D eigenvalue weighted by Crippen LogP contribution is -2.53. The Morgan fingerprint density at radius 1 is 1.15 bits per heavy atom. The number of aliphatic hydroxyl groups excluding tert-OH is 1. The smallest absolute Gasteiger partial charge is 0.424 e. The van der Waals surface area contributed by atoms with Crippen molar-refractivity contribution < 1.29 is 46.3 Å². The molecule has 0 spiro atoms. The fourth-order valence-electron chi connectivity index (χ4n) is 4.98. The summed E-state index contributed by atoms with van der Waals surface area (Å²) < 4.78 is 84.6. The molecule has 246 valence electrons. The molecule has 3 heterocycles. The van der Waals surface area contributed by atoms with Gasteiger partial charge in [0.1, 0.15) is 29.4 Å². The van der Waals surface area contributed by atoms with Crippen molar-refractivity contribution >= 4 is 27.8 Å². The normalized spacial score (nSPS) is 18.5. The number of amides is 1. The van der Waals surface area contributed by atoms with E-state index in [1.165, 1.54) is 31.4 Å². The molecular weight excluding hydrogens is 632 g/mol. The van der Waals surface area contributed by atoms with E-state index in [0.717, 1.165) is 18.2 Å². The standard InChI is InChI=1S/C31H32F4N4O6S/c1-28(2,3)46(43)39-29(15-40)16-45-26-21(29)13-23(38-25(26)17-5-7-20(32)8-6-17)30(42,31(33,34)35)14-37-27(41)19-11-18-9-10-36-24(18)22(12-19)44-4/h5-13,36,39-40,42H,14-16H2,1-4H3,(H,37,41). The zero-order chi connectivity index (χ0) is 33.7. The number of fused-ring (bicyclic) bond motifs is 2. The van der Waals surface area contributed by atoms with Gasteiger partial charge in [0.25, 0.3) is 5.91 Å². The van der Waals surface area contributed by atoms with Gasteiger partial charge in [-0.15, -0.1) is 0 Å². The number of rotatable bonds is 9. The number of nitrogens with one attached hydrogen (secondary N) is 3. The van der Waals surface area contributed by atoms with Gasteiger partial charge in [-0.2, -0.15) is 13.2 Å². The van der Waals surface area contributed by atoms with Crippen LogP contribution in [0.3, 0.4) is 0 Å². The second-order valence-electron chi connectivity index (χ2n) is 11.9. The van der Waals surface area contributed by atoms with Gasteiger partial charge in [0.15, 0.2) is 5.75 Å². The van der Waals surface area contributed by atoms with Crippen molar-refractivity contribution in [2.75, 3.05) is 26.9 Å². The van der Waals surface area contributed by atoms with Gasteiger partial charge >= 0.3 is 6.18 Å². The largest absolute Gasteiger partial charge is 0.495 e. The van der Waals surface area contributed by atoms with Crippen molar-refractivity contribution in [3.05, 3.63) is 77.4 Å². The predicted molar refractivity (Wildman–Crippen MR) is 162 cm³/mol. The molecule has 0 aliphatic carbocycles. The van der Waals surface area contributed by atoms with Gasteiger partial charge in [-0.3, -0.25) is 4.79 Å². The van der Waals surface area contributed by atoms with E-state index in [9.17, 15) is 36.8 Å². The molecule has 0 radical (unpaired) electrons. The fraction of sp³-hybridized carbons (Fsp3) is 0.355. The lowest BCUT2D eigenvalue weighted by Gasteiger charge is -2.33. The summed E-state index contributed by atoms with van der Waals surface area (Å²) in [6.45, 7) is 2.53. The van der Waals surface area contributed by atoms with E-state index in [1.807, 2.05) is 0 Å². The van der Waals surface area contributed by atoms with Crippen LogP contribution >= 0.6 is 0 Å². The van der Waals surface area contributed by atoms with Gasteiger partial charge in [0.2, 0.25) is 5.60 Å². The fourth-order valence-corrected chi connectivity index (χ4v) is 5.87. The molecule has 46 heavy (non-hydrogen) atoms. The minimum Gasteiger partial charge on any atom is -0.495 e. The SMILES string of the molecule is COc1cc(C(=O)NCC(O)(c2cc3c(c(-c4ccc(F)cc4)n2)OCC3(CO)NS(=O)C(C)(C)C)C(F)(F)F)cc2cc[nH]c12. The first-order valence-corrected chi connectivity index (χ1v) is 15.2. The van der Waals surface area contributed by atoms with E-state index in [4.69, 9.17) is 9.47 Å². The summed E-state index contributed by atoms with van der Waals surface area (Å²) in [5, 5.41) is 24.6. The monoisotopic (exact) mass is 664 g/mol. The number of pyridine rings is 1. The molecule has 3 atom stereocenters. The molecule has 2 aromatic carbocycles. The molecule has 1 aliphatic heterocycles. The molecule has 4 aromatic rings. The summed E-state index contributed by atoms with van der Waals surface area (Å²) in [5.74, 6) is -1.32. The van der Waals surface area contributed by atoms with Crippen molar-refractivity contribution in [2.45, 2.75) is 42.8 Å². The highest BCUT2D eigenvalue weighted by Gasteiger charge is 2.58. The molecule has 15 heteroatoms. The zero-order valence-electron chi connectivity index (χ0n) is 25.2. The number of alkyl halides is 3. The van der Waals surface area contributed by atoms with E-state index < -0.39 is 63.6 Å². The first-order valence-electron chi connectivity index (χ1n) is 14.0. The van der Waals surface area contributed by atoms with Gasteiger partial charge in [-0.25, -0.2) is 18.3 Å². The van der Waals surface area contributed by atoms with Crippen LogP contribution in [-0.2, 0) is 22.1 Å². The van der Waals surface area contributed by atoms with Crippen molar-refractivity contribution in [1.82, 2.24) is 20.0 Å². The Kier molecular flexibility index (Phi) is 8.66. The molecule has 0 saturated carbocycles. The topological polar surface area (TPSA) is 146 Å². The zero-order valence-corrected chi connectivity index (χ0v) is 26.0. The van der Waals surface area contributed by atoms with Crippen molar-refractivity contribution in [2.24, 2.45) is 0 Å². The van der Waals surface area contributed by atoms with Crippen LogP contribution in [0.1, 0.15) is 42.4 Å². The summed E-state index contributed by atoms with van der Waals surface area (Å²) in [6.07, 6.45) is -3.77. The maximum atomic E-state index is 14.8. The first-order chi connectivity index (χ1) is 21.5. The number of carbonyl (C=O) groups is 1. The summed E-state index contributed by atoms with van der Waals surface area (Å²) >= 11 is 0. The molecule has 3 unspecified atom stereocenters. The Labute approximate surface area is 263 Å². The molecule has 2 aromatic heterocycles. The average Bonchev–Trinajstić information content (AvgIpc) is 3.63. The molecule has 0 bridgehead atoms. The number of hydrogen-bond donors (Lipinski definition) is 5. The van der Waals surface area contributed by atoms with E-state index in [2.05, 4.69) is 20.0 Å². The quantitative estimate of drug-likeness (QED) is 0.169. The second-order valence-corrected chi connectivity index (χ2v) is 13.9. The lowest BCUT2D eigenvalue weighted by atomic mass is 9.88. The highest BCUT2D eigenvalue weighted by molar-refractivity contribution is 7.84. The summed E-state index contributed by atoms with van der Waals surface area (Å²) in [7, 11) is -0.453. The van der Waals surface area contributed by atoms with Crippen LogP contribution in [0.5, 0.6) is 11.5 Å². The Bertz CT molecular complexity index is 1810. The molecule has 1 aliphatic rings. The number of nitrogens with zero attached hydrogens (tertiary/aromatic N) is 1. The number of ether oxygens (including phenoxy) is 2. The van der Waals surface area contributed by atoms with Crippen LogP contribution in [0.15, 0.2) is 54.7 Å². The van der Waals surface area contributed by atoms with Crippen LogP contribution in [-0.4, -0.2) is 68.1 Å². The highest BCUT2D eigenvalue weighted by atomic mass is 32.2. The summed E-state index contributed by atoms with van der Waals surface area (Å²) in [5.41, 5.74) is -5.92. The first kappa shape index (κ1) is 33.3. The number of aromatic nitrogens is 2. The third-order valence-corrected chi connectivity index (χ3v) is 9.37. The minimum absolute atomic E-state index is 0.0241. The van der Waals surface area contributed by atoms with Crippen LogP contribution in [0, 0.1) is 5.82 Å². The van der Waals surface area contributed by atoms with Crippen LogP contribution in [0.4, 0.5) is 17.6 Å². The van der Waals surface area contributed by atoms with E-state index >= 15 is 0 Å². The number of halogens is 4. The molecule has 1 amide bonds. The number of H-pyrrole nitrogens is 1. The molecule has 0 saturated heterocycles. The van der Waals surface area contributed by atoms with Crippen LogP contribution < -0.4 is 19.5 Å². The van der Waals surface area contributed by atoms with Gasteiger partial charge in [-0.1, -0.05) is 0 Å². The highest BCUT2D eigenvalue weighted by Crippen LogP contribution is 2.47. The summed E-state index contributed by atoms with van der Waals surface area (Å²) in [6, 6.07) is 10.0. The van der Waals surface area contributed by atoms with Crippen LogP contribution in [0.2, 0.25) is 0 Å². The minimum atomic E-state index is -5.38. The summed E-state index contributed by atoms with van der Waals surface area (Å²) in [4.78, 5) is 20.2.